The van der Waals surface area contributed by atoms with E-state index in [9.17, 15) is 14.4 Å². The van der Waals surface area contributed by atoms with Crippen molar-refractivity contribution in [2.24, 2.45) is 0 Å². The van der Waals surface area contributed by atoms with Crippen LogP contribution in [0.5, 0.6) is 0 Å². The van der Waals surface area contributed by atoms with Crippen molar-refractivity contribution in [1.29, 1.82) is 0 Å². The Balaban J connectivity index is 1.64. The first-order valence-corrected chi connectivity index (χ1v) is 13.0. The van der Waals surface area contributed by atoms with E-state index in [2.05, 4.69) is 34.4 Å². The topological polar surface area (TPSA) is 96.3 Å². The van der Waals surface area contributed by atoms with Crippen LogP contribution in [0.2, 0.25) is 0 Å². The number of hydrogen-bond donors (Lipinski definition) is 2. The predicted octanol–water partition coefficient (Wildman–Crippen LogP) is 3.54. The maximum Gasteiger partial charge on any atom is 0.348 e. The van der Waals surface area contributed by atoms with Gasteiger partial charge in [0, 0.05) is 36.1 Å². The third kappa shape index (κ3) is 7.17. The number of amides is 2. The molecule has 1 aliphatic rings. The molecule has 1 aromatic heterocycles. The summed E-state index contributed by atoms with van der Waals surface area (Å²) in [6.45, 7) is 9.44. The zero-order valence-electron chi connectivity index (χ0n) is 20.4. The van der Waals surface area contributed by atoms with Crippen LogP contribution in [0.15, 0.2) is 34.1 Å². The van der Waals surface area contributed by atoms with E-state index in [0.717, 1.165) is 63.0 Å². The van der Waals surface area contributed by atoms with Crippen molar-refractivity contribution in [3.63, 3.8) is 0 Å². The summed E-state index contributed by atoms with van der Waals surface area (Å²) in [6.07, 6.45) is 4.86. The van der Waals surface area contributed by atoms with Crippen molar-refractivity contribution in [3.05, 3.63) is 46.0 Å². The van der Waals surface area contributed by atoms with Gasteiger partial charge in [0.1, 0.15) is 5.03 Å². The third-order valence-electron chi connectivity index (χ3n) is 6.03. The van der Waals surface area contributed by atoms with Crippen LogP contribution in [0.3, 0.4) is 0 Å². The van der Waals surface area contributed by atoms with Gasteiger partial charge in [-0.15, -0.1) is 0 Å². The lowest BCUT2D eigenvalue weighted by Crippen LogP contribution is -2.32. The molecule has 2 aromatic rings. The van der Waals surface area contributed by atoms with Crippen LogP contribution in [0.4, 0.5) is 11.4 Å². The van der Waals surface area contributed by atoms with Gasteiger partial charge in [0.25, 0.3) is 0 Å². The van der Waals surface area contributed by atoms with Gasteiger partial charge in [0.15, 0.2) is 0 Å². The van der Waals surface area contributed by atoms with Crippen LogP contribution in [-0.4, -0.2) is 51.7 Å². The molecule has 0 spiro atoms. The fourth-order valence-electron chi connectivity index (χ4n) is 4.26. The highest BCUT2D eigenvalue weighted by Crippen LogP contribution is 2.28. The minimum absolute atomic E-state index is 0.144. The molecule has 0 atom stereocenters. The minimum atomic E-state index is -0.211. The predicted molar refractivity (Wildman–Crippen MR) is 138 cm³/mol. The van der Waals surface area contributed by atoms with E-state index < -0.39 is 0 Å². The molecule has 0 saturated heterocycles. The second-order valence-electron chi connectivity index (χ2n) is 8.46. The molecule has 0 bridgehead atoms. The monoisotopic (exact) mass is 485 g/mol. The molecule has 0 saturated carbocycles. The maximum absolute atomic E-state index is 12.9. The van der Waals surface area contributed by atoms with Crippen molar-refractivity contribution in [3.8, 4) is 0 Å². The summed E-state index contributed by atoms with van der Waals surface area (Å²) >= 11 is 1.33. The number of nitrogens with one attached hydrogen (secondary N) is 2. The average Bonchev–Trinajstić information content (AvgIpc) is 2.82. The number of carbonyl (C=O) groups is 2. The lowest BCUT2D eigenvalue weighted by molar-refractivity contribution is -0.114. The highest BCUT2D eigenvalue weighted by molar-refractivity contribution is 8.00. The Labute approximate surface area is 205 Å². The van der Waals surface area contributed by atoms with Gasteiger partial charge in [-0.25, -0.2) is 4.79 Å². The summed E-state index contributed by atoms with van der Waals surface area (Å²) in [4.78, 5) is 43.3. The first-order chi connectivity index (χ1) is 16.4. The van der Waals surface area contributed by atoms with E-state index >= 15 is 0 Å². The Morgan fingerprint density at radius 3 is 2.35 bits per heavy atom. The zero-order chi connectivity index (χ0) is 24.5. The van der Waals surface area contributed by atoms with Gasteiger partial charge in [0.2, 0.25) is 11.8 Å². The fraction of sp³-hybridized carbons (Fsp3) is 0.520. The Kier molecular flexibility index (Phi) is 9.71. The first-order valence-electron chi connectivity index (χ1n) is 12.1. The minimum Gasteiger partial charge on any atom is -0.326 e. The molecule has 1 aromatic carbocycles. The molecule has 2 amide bonds. The van der Waals surface area contributed by atoms with Crippen LogP contribution >= 0.6 is 11.8 Å². The molecule has 1 aliphatic carbocycles. The first kappa shape index (κ1) is 26.0. The summed E-state index contributed by atoms with van der Waals surface area (Å²) in [6, 6.07) is 6.96. The molecule has 8 nitrogen and oxygen atoms in total. The van der Waals surface area contributed by atoms with E-state index in [4.69, 9.17) is 0 Å². The van der Waals surface area contributed by atoms with Crippen LogP contribution < -0.4 is 16.3 Å². The maximum atomic E-state index is 12.9. The number of hydrogen-bond acceptors (Lipinski definition) is 6. The molecule has 0 unspecified atom stereocenters. The summed E-state index contributed by atoms with van der Waals surface area (Å²) in [5.74, 6) is -0.125. The number of fused-ring (bicyclic) bond motifs is 1. The molecular formula is C25H35N5O3S. The SMILES string of the molecule is CCN(CC)CCCn1c2c(c(SCC(=O)Nc3ccc(NC(C)=O)cc3)nc1=O)CCCC2. The molecule has 0 fully saturated rings. The van der Waals surface area contributed by atoms with Crippen molar-refractivity contribution < 1.29 is 9.59 Å². The number of aromatic nitrogens is 2. The van der Waals surface area contributed by atoms with Gasteiger partial charge < -0.3 is 15.5 Å². The van der Waals surface area contributed by atoms with E-state index in [1.54, 1.807) is 24.3 Å². The Hall–Kier alpha value is -2.65. The van der Waals surface area contributed by atoms with Crippen molar-refractivity contribution >= 4 is 35.0 Å². The third-order valence-corrected chi connectivity index (χ3v) is 7.05. The summed E-state index contributed by atoms with van der Waals surface area (Å²) < 4.78 is 1.86. The molecule has 34 heavy (non-hydrogen) atoms. The summed E-state index contributed by atoms with van der Waals surface area (Å²) in [5, 5.41) is 6.25. The van der Waals surface area contributed by atoms with Crippen molar-refractivity contribution in [2.75, 3.05) is 36.0 Å². The number of thioether (sulfide) groups is 1. The fourth-order valence-corrected chi connectivity index (χ4v) is 5.14. The Morgan fingerprint density at radius 1 is 1.06 bits per heavy atom. The second-order valence-corrected chi connectivity index (χ2v) is 9.42. The highest BCUT2D eigenvalue weighted by atomic mass is 32.2. The van der Waals surface area contributed by atoms with E-state index in [-0.39, 0.29) is 23.3 Å². The average molecular weight is 486 g/mol. The molecule has 184 valence electrons. The van der Waals surface area contributed by atoms with Crippen LogP contribution in [0.25, 0.3) is 0 Å². The Morgan fingerprint density at radius 2 is 1.71 bits per heavy atom. The quantitative estimate of drug-likeness (QED) is 0.373. The van der Waals surface area contributed by atoms with Gasteiger partial charge in [-0.3, -0.25) is 14.2 Å². The van der Waals surface area contributed by atoms with Crippen molar-refractivity contribution in [2.45, 2.75) is 64.4 Å². The number of benzene rings is 1. The van der Waals surface area contributed by atoms with Crippen LogP contribution in [0.1, 0.15) is 51.3 Å². The zero-order valence-corrected chi connectivity index (χ0v) is 21.2. The number of nitrogens with zero attached hydrogens (tertiary/aromatic N) is 3. The largest absolute Gasteiger partial charge is 0.348 e. The number of rotatable bonds is 11. The molecule has 9 heteroatoms. The van der Waals surface area contributed by atoms with Gasteiger partial charge >= 0.3 is 5.69 Å². The van der Waals surface area contributed by atoms with Crippen LogP contribution in [-0.2, 0) is 29.0 Å². The van der Waals surface area contributed by atoms with Gasteiger partial charge in [-0.2, -0.15) is 4.98 Å². The number of anilines is 2. The lowest BCUT2D eigenvalue weighted by Gasteiger charge is -2.23. The molecule has 3 rings (SSSR count). The molecule has 0 aliphatic heterocycles. The van der Waals surface area contributed by atoms with Gasteiger partial charge in [-0.05, 0) is 76.0 Å². The second kappa shape index (κ2) is 12.7. The highest BCUT2D eigenvalue weighted by Gasteiger charge is 2.21. The van der Waals surface area contributed by atoms with E-state index in [0.29, 0.717) is 22.9 Å². The summed E-state index contributed by atoms with van der Waals surface area (Å²) in [5.41, 5.74) is 3.34. The van der Waals surface area contributed by atoms with Crippen molar-refractivity contribution in [1.82, 2.24) is 14.5 Å². The van der Waals surface area contributed by atoms with Crippen LogP contribution in [0, 0.1) is 0 Å². The lowest BCUT2D eigenvalue weighted by atomic mass is 9.97. The molecule has 2 N–H and O–H groups in total. The number of carbonyl (C=O) groups excluding carboxylic acids is 2. The van der Waals surface area contributed by atoms with E-state index in [1.165, 1.54) is 18.7 Å². The smallest absolute Gasteiger partial charge is 0.326 e. The standard InChI is InChI=1S/C25H35N5O3S/c1-4-29(5-2)15-8-16-30-22-10-7-6-9-21(22)24(28-25(30)33)34-17-23(32)27-20-13-11-19(12-14-20)26-18(3)31/h11-14H,4-10,15-17H2,1-3H3,(H,26,31)(H,27,32). The normalized spacial score (nSPS) is 12.9. The van der Waals surface area contributed by atoms with E-state index in [1.807, 2.05) is 4.57 Å². The summed E-state index contributed by atoms with van der Waals surface area (Å²) in [7, 11) is 0. The molecule has 1 heterocycles. The van der Waals surface area contributed by atoms with Gasteiger partial charge in [-0.1, -0.05) is 25.6 Å². The molecule has 0 radical (unpaired) electrons. The Bertz CT molecular complexity index is 1050. The molecular weight excluding hydrogens is 450 g/mol. The van der Waals surface area contributed by atoms with Gasteiger partial charge in [0.05, 0.1) is 5.75 Å².